The summed E-state index contributed by atoms with van der Waals surface area (Å²) in [5, 5.41) is 2.82. The van der Waals surface area contributed by atoms with Gasteiger partial charge >= 0.3 is 0 Å². The SMILES string of the molecule is Cc1ccc(OC[C@H](C)NC(=O)[C@H](C)N(c2ccc3c(c2)OCCO3)S(C)(=O)=O)cc1. The molecule has 8 nitrogen and oxygen atoms in total. The Bertz CT molecular complexity index is 1020. The summed E-state index contributed by atoms with van der Waals surface area (Å²) in [6.07, 6.45) is 1.07. The molecule has 0 saturated heterocycles. The minimum absolute atomic E-state index is 0.254. The zero-order valence-electron chi connectivity index (χ0n) is 18.1. The van der Waals surface area contributed by atoms with Crippen LogP contribution in [-0.4, -0.2) is 52.5 Å². The van der Waals surface area contributed by atoms with Gasteiger partial charge in [0.25, 0.3) is 0 Å². The smallest absolute Gasteiger partial charge is 0.243 e. The third-order valence-electron chi connectivity index (χ3n) is 4.78. The van der Waals surface area contributed by atoms with Crippen LogP contribution < -0.4 is 23.8 Å². The number of aryl methyl sites for hydroxylation is 1. The normalized spacial score (nSPS) is 15.0. The van der Waals surface area contributed by atoms with Crippen LogP contribution in [0.5, 0.6) is 17.2 Å². The first-order valence-electron chi connectivity index (χ1n) is 10.0. The van der Waals surface area contributed by atoms with E-state index in [1.165, 1.54) is 0 Å². The molecular formula is C22H28N2O6S. The molecule has 0 fully saturated rings. The molecule has 1 aliphatic rings. The fourth-order valence-corrected chi connectivity index (χ4v) is 4.41. The fraction of sp³-hybridized carbons (Fsp3) is 0.409. The monoisotopic (exact) mass is 448 g/mol. The van der Waals surface area contributed by atoms with Gasteiger partial charge in [0.15, 0.2) is 11.5 Å². The Morgan fingerprint density at radius 2 is 1.74 bits per heavy atom. The summed E-state index contributed by atoms with van der Waals surface area (Å²) < 4.78 is 42.9. The average molecular weight is 449 g/mol. The quantitative estimate of drug-likeness (QED) is 0.667. The first kappa shape index (κ1) is 22.7. The lowest BCUT2D eigenvalue weighted by molar-refractivity contribution is -0.122. The average Bonchev–Trinajstić information content (AvgIpc) is 2.72. The second-order valence-corrected chi connectivity index (χ2v) is 9.46. The van der Waals surface area contributed by atoms with Crippen molar-refractivity contribution in [1.82, 2.24) is 5.32 Å². The molecule has 31 heavy (non-hydrogen) atoms. The minimum Gasteiger partial charge on any atom is -0.491 e. The van der Waals surface area contributed by atoms with E-state index in [9.17, 15) is 13.2 Å². The van der Waals surface area contributed by atoms with Crippen LogP contribution in [0, 0.1) is 6.92 Å². The molecule has 0 spiro atoms. The van der Waals surface area contributed by atoms with E-state index in [-0.39, 0.29) is 12.6 Å². The lowest BCUT2D eigenvalue weighted by atomic mass is 10.2. The molecule has 2 aromatic carbocycles. The second-order valence-electron chi connectivity index (χ2n) is 7.60. The van der Waals surface area contributed by atoms with Gasteiger partial charge in [-0.3, -0.25) is 9.10 Å². The zero-order valence-corrected chi connectivity index (χ0v) is 18.9. The summed E-state index contributed by atoms with van der Waals surface area (Å²) in [5.74, 6) is 1.27. The van der Waals surface area contributed by atoms with Gasteiger partial charge in [-0.2, -0.15) is 0 Å². The number of ether oxygens (including phenoxy) is 3. The van der Waals surface area contributed by atoms with Crippen molar-refractivity contribution < 1.29 is 27.4 Å². The maximum Gasteiger partial charge on any atom is 0.243 e. The summed E-state index contributed by atoms with van der Waals surface area (Å²) in [5.41, 5.74) is 1.46. The predicted octanol–water partition coefficient (Wildman–Crippen LogP) is 2.50. The van der Waals surface area contributed by atoms with Crippen molar-refractivity contribution in [3.63, 3.8) is 0 Å². The lowest BCUT2D eigenvalue weighted by Crippen LogP contribution is -2.50. The van der Waals surface area contributed by atoms with Crippen molar-refractivity contribution in [1.29, 1.82) is 0 Å². The summed E-state index contributed by atoms with van der Waals surface area (Å²) in [6, 6.07) is 11.1. The van der Waals surface area contributed by atoms with E-state index < -0.39 is 22.0 Å². The van der Waals surface area contributed by atoms with E-state index in [0.29, 0.717) is 36.1 Å². The maximum atomic E-state index is 12.8. The van der Waals surface area contributed by atoms with Crippen LogP contribution in [0.15, 0.2) is 42.5 Å². The van der Waals surface area contributed by atoms with Crippen LogP contribution in [-0.2, 0) is 14.8 Å². The Morgan fingerprint density at radius 1 is 1.10 bits per heavy atom. The topological polar surface area (TPSA) is 94.2 Å². The van der Waals surface area contributed by atoms with Gasteiger partial charge < -0.3 is 19.5 Å². The van der Waals surface area contributed by atoms with Crippen LogP contribution in [0.1, 0.15) is 19.4 Å². The van der Waals surface area contributed by atoms with Crippen LogP contribution in [0.4, 0.5) is 5.69 Å². The Labute approximate surface area is 183 Å². The molecule has 1 heterocycles. The van der Waals surface area contributed by atoms with Gasteiger partial charge in [-0.15, -0.1) is 0 Å². The Hall–Kier alpha value is -2.94. The van der Waals surface area contributed by atoms with Crippen molar-refractivity contribution in [2.75, 3.05) is 30.4 Å². The third-order valence-corrected chi connectivity index (χ3v) is 6.02. The van der Waals surface area contributed by atoms with Gasteiger partial charge in [0.05, 0.1) is 18.0 Å². The summed E-state index contributed by atoms with van der Waals surface area (Å²) in [7, 11) is -3.74. The number of amides is 1. The van der Waals surface area contributed by atoms with Crippen LogP contribution in [0.25, 0.3) is 0 Å². The maximum absolute atomic E-state index is 12.8. The Morgan fingerprint density at radius 3 is 2.39 bits per heavy atom. The van der Waals surface area contributed by atoms with Gasteiger partial charge in [-0.25, -0.2) is 8.42 Å². The highest BCUT2D eigenvalue weighted by Gasteiger charge is 2.30. The highest BCUT2D eigenvalue weighted by atomic mass is 32.2. The van der Waals surface area contributed by atoms with Crippen LogP contribution in [0.3, 0.4) is 0 Å². The molecule has 0 radical (unpaired) electrons. The third kappa shape index (κ3) is 5.81. The number of fused-ring (bicyclic) bond motifs is 1. The van der Waals surface area contributed by atoms with Gasteiger partial charge in [0.1, 0.15) is 31.6 Å². The van der Waals surface area contributed by atoms with E-state index >= 15 is 0 Å². The van der Waals surface area contributed by atoms with Crippen molar-refractivity contribution in [2.45, 2.75) is 32.9 Å². The molecule has 2 aromatic rings. The first-order valence-corrected chi connectivity index (χ1v) is 11.9. The molecule has 0 bridgehead atoms. The van der Waals surface area contributed by atoms with Gasteiger partial charge in [-0.05, 0) is 45.0 Å². The molecule has 1 aliphatic heterocycles. The molecule has 3 rings (SSSR count). The fourth-order valence-electron chi connectivity index (χ4n) is 3.24. The number of hydrogen-bond donors (Lipinski definition) is 1. The summed E-state index contributed by atoms with van der Waals surface area (Å²) >= 11 is 0. The number of anilines is 1. The molecule has 0 unspecified atom stereocenters. The molecule has 0 aromatic heterocycles. The van der Waals surface area contributed by atoms with Gasteiger partial charge in [-0.1, -0.05) is 17.7 Å². The van der Waals surface area contributed by atoms with E-state index in [1.807, 2.05) is 31.2 Å². The number of rotatable bonds is 8. The number of carbonyl (C=O) groups is 1. The molecule has 1 amide bonds. The molecular weight excluding hydrogens is 420 g/mol. The second kappa shape index (κ2) is 9.47. The van der Waals surface area contributed by atoms with Crippen molar-refractivity contribution in [3.05, 3.63) is 48.0 Å². The van der Waals surface area contributed by atoms with Crippen LogP contribution >= 0.6 is 0 Å². The standard InChI is InChI=1S/C22H28N2O6S/c1-15-5-8-19(9-6-15)30-14-16(2)23-22(25)17(3)24(31(4,26)27)18-7-10-20-21(13-18)29-12-11-28-20/h5-10,13,16-17H,11-12,14H2,1-4H3,(H,23,25)/t16-,17-/m0/s1. The Kier molecular flexibility index (Phi) is 6.94. The highest BCUT2D eigenvalue weighted by molar-refractivity contribution is 7.92. The number of benzene rings is 2. The van der Waals surface area contributed by atoms with Crippen molar-refractivity contribution in [3.8, 4) is 17.2 Å². The molecule has 1 N–H and O–H groups in total. The number of sulfonamides is 1. The molecule has 0 aliphatic carbocycles. The van der Waals surface area contributed by atoms with Crippen molar-refractivity contribution >= 4 is 21.6 Å². The van der Waals surface area contributed by atoms with Crippen LogP contribution in [0.2, 0.25) is 0 Å². The predicted molar refractivity (Wildman–Crippen MR) is 118 cm³/mol. The first-order chi connectivity index (χ1) is 14.6. The minimum atomic E-state index is -3.74. The van der Waals surface area contributed by atoms with E-state index in [4.69, 9.17) is 14.2 Å². The van der Waals surface area contributed by atoms with E-state index in [2.05, 4.69) is 5.32 Å². The van der Waals surface area contributed by atoms with Crippen molar-refractivity contribution in [2.24, 2.45) is 0 Å². The van der Waals surface area contributed by atoms with Gasteiger partial charge in [0, 0.05) is 6.07 Å². The number of nitrogens with zero attached hydrogens (tertiary/aromatic N) is 1. The zero-order chi connectivity index (χ0) is 22.6. The number of hydrogen-bond acceptors (Lipinski definition) is 6. The molecule has 168 valence electrons. The van der Waals surface area contributed by atoms with Gasteiger partial charge in [0.2, 0.25) is 15.9 Å². The molecule has 0 saturated carbocycles. The highest BCUT2D eigenvalue weighted by Crippen LogP contribution is 2.35. The summed E-state index contributed by atoms with van der Waals surface area (Å²) in [4.78, 5) is 12.8. The summed E-state index contributed by atoms with van der Waals surface area (Å²) in [6.45, 7) is 6.40. The largest absolute Gasteiger partial charge is 0.491 e. The number of nitrogens with one attached hydrogen (secondary N) is 1. The molecule has 9 heteroatoms. The van der Waals surface area contributed by atoms with E-state index in [1.54, 1.807) is 32.0 Å². The molecule has 2 atom stereocenters. The Balaban J connectivity index is 1.69. The lowest BCUT2D eigenvalue weighted by Gasteiger charge is -2.30. The number of carbonyl (C=O) groups excluding carboxylic acids is 1. The van der Waals surface area contributed by atoms with E-state index in [0.717, 1.165) is 16.1 Å².